The van der Waals surface area contributed by atoms with Crippen molar-refractivity contribution >= 4 is 40.7 Å². The van der Waals surface area contributed by atoms with Crippen molar-refractivity contribution < 1.29 is 9.59 Å². The van der Waals surface area contributed by atoms with E-state index in [1.807, 2.05) is 54.3 Å². The molecule has 1 heterocycles. The fourth-order valence-corrected chi connectivity index (χ4v) is 4.64. The fraction of sp³-hybridized carbons (Fsp3) is 0.259. The number of hydrogen-bond acceptors (Lipinski definition) is 3. The molecule has 3 aromatic rings. The van der Waals surface area contributed by atoms with Gasteiger partial charge in [-0.1, -0.05) is 59.1 Å². The van der Waals surface area contributed by atoms with E-state index in [1.165, 1.54) is 5.56 Å². The van der Waals surface area contributed by atoms with E-state index in [9.17, 15) is 9.59 Å². The summed E-state index contributed by atoms with van der Waals surface area (Å²) in [6.45, 7) is 5.23. The van der Waals surface area contributed by atoms with Crippen molar-refractivity contribution in [3.05, 3.63) is 99.0 Å². The first kappa shape index (κ1) is 24.1. The number of halogens is 2. The van der Waals surface area contributed by atoms with Crippen LogP contribution in [-0.4, -0.2) is 42.9 Å². The van der Waals surface area contributed by atoms with E-state index in [-0.39, 0.29) is 18.2 Å². The third kappa shape index (κ3) is 5.91. The lowest BCUT2D eigenvalue weighted by atomic mass is 10.1. The number of aryl methyl sites for hydroxylation is 1. The van der Waals surface area contributed by atoms with Crippen LogP contribution in [0.15, 0.2) is 66.7 Å². The summed E-state index contributed by atoms with van der Waals surface area (Å²) in [4.78, 5) is 29.4. The van der Waals surface area contributed by atoms with Gasteiger partial charge in [-0.25, -0.2) is 0 Å². The van der Waals surface area contributed by atoms with Crippen LogP contribution < -0.4 is 10.2 Å². The zero-order valence-electron chi connectivity index (χ0n) is 19.1. The molecule has 0 spiro atoms. The van der Waals surface area contributed by atoms with E-state index < -0.39 is 0 Å². The summed E-state index contributed by atoms with van der Waals surface area (Å²) in [5.74, 6) is -0.0722. The summed E-state index contributed by atoms with van der Waals surface area (Å²) < 4.78 is 0. The summed E-state index contributed by atoms with van der Waals surface area (Å²) in [7, 11) is 0. The highest BCUT2D eigenvalue weighted by molar-refractivity contribution is 6.36. The first-order valence-electron chi connectivity index (χ1n) is 11.3. The topological polar surface area (TPSA) is 52.7 Å². The molecule has 34 heavy (non-hydrogen) atoms. The smallest absolute Gasteiger partial charge is 0.251 e. The minimum absolute atomic E-state index is 0.0234. The highest BCUT2D eigenvalue weighted by Gasteiger charge is 2.23. The van der Waals surface area contributed by atoms with Gasteiger partial charge in [0.15, 0.2) is 0 Å². The lowest BCUT2D eigenvalue weighted by Crippen LogP contribution is -2.49. The molecule has 2 amide bonds. The molecule has 1 aliphatic rings. The Balaban J connectivity index is 1.29. The molecule has 5 nitrogen and oxygen atoms in total. The first-order valence-corrected chi connectivity index (χ1v) is 12.1. The number of rotatable bonds is 6. The maximum Gasteiger partial charge on any atom is 0.251 e. The number of anilines is 1. The van der Waals surface area contributed by atoms with E-state index in [2.05, 4.69) is 16.3 Å². The van der Waals surface area contributed by atoms with Gasteiger partial charge in [-0.2, -0.15) is 0 Å². The number of carbonyl (C=O) groups excluding carboxylic acids is 2. The Morgan fingerprint density at radius 1 is 0.882 bits per heavy atom. The highest BCUT2D eigenvalue weighted by atomic mass is 35.5. The molecule has 7 heteroatoms. The molecule has 1 aliphatic heterocycles. The van der Waals surface area contributed by atoms with Crippen LogP contribution in [0.4, 0.5) is 5.69 Å². The highest BCUT2D eigenvalue weighted by Crippen LogP contribution is 2.25. The SMILES string of the molecule is Cc1cccc(CNC(=O)c2ccc(N3CCN(C(=O)Cc4c(Cl)cccc4Cl)CC3)cc2)c1. The standard InChI is InChI=1S/C27H27Cl2N3O2/c1-19-4-2-5-20(16-19)18-30-27(34)21-8-10-22(11-9-21)31-12-14-32(15-13-31)26(33)17-23-24(28)6-3-7-25(23)29/h2-11,16H,12-15,17-18H2,1H3,(H,30,34). The zero-order chi connectivity index (χ0) is 24.1. The average Bonchev–Trinajstić information content (AvgIpc) is 2.85. The largest absolute Gasteiger partial charge is 0.368 e. The molecular formula is C27H27Cl2N3O2. The van der Waals surface area contributed by atoms with Crippen molar-refractivity contribution in [2.75, 3.05) is 31.1 Å². The monoisotopic (exact) mass is 495 g/mol. The van der Waals surface area contributed by atoms with Crippen LogP contribution in [0.1, 0.15) is 27.0 Å². The molecule has 0 saturated carbocycles. The maximum atomic E-state index is 12.8. The van der Waals surface area contributed by atoms with Gasteiger partial charge in [-0.05, 0) is 54.4 Å². The van der Waals surface area contributed by atoms with Gasteiger partial charge in [0.25, 0.3) is 5.91 Å². The molecule has 0 radical (unpaired) electrons. The number of carbonyl (C=O) groups is 2. The summed E-state index contributed by atoms with van der Waals surface area (Å²) in [6, 6.07) is 21.0. The van der Waals surface area contributed by atoms with Gasteiger partial charge >= 0.3 is 0 Å². The van der Waals surface area contributed by atoms with Crippen LogP contribution >= 0.6 is 23.2 Å². The van der Waals surface area contributed by atoms with Crippen LogP contribution in [0.3, 0.4) is 0 Å². The second kappa shape index (κ2) is 10.9. The van der Waals surface area contributed by atoms with Crippen molar-refractivity contribution in [2.45, 2.75) is 19.9 Å². The molecule has 4 rings (SSSR count). The average molecular weight is 496 g/mol. The third-order valence-corrected chi connectivity index (χ3v) is 6.76. The van der Waals surface area contributed by atoms with Crippen LogP contribution in [0.5, 0.6) is 0 Å². The van der Waals surface area contributed by atoms with E-state index in [1.54, 1.807) is 18.2 Å². The Bertz CT molecular complexity index is 1150. The van der Waals surface area contributed by atoms with Gasteiger partial charge in [0.05, 0.1) is 6.42 Å². The van der Waals surface area contributed by atoms with Crippen molar-refractivity contribution in [3.8, 4) is 0 Å². The zero-order valence-corrected chi connectivity index (χ0v) is 20.6. The molecule has 176 valence electrons. The van der Waals surface area contributed by atoms with Gasteiger partial charge in [0.2, 0.25) is 5.91 Å². The summed E-state index contributed by atoms with van der Waals surface area (Å²) >= 11 is 12.4. The van der Waals surface area contributed by atoms with Crippen LogP contribution in [0.25, 0.3) is 0 Å². The lowest BCUT2D eigenvalue weighted by molar-refractivity contribution is -0.130. The number of piperazine rings is 1. The van der Waals surface area contributed by atoms with Gasteiger partial charge in [0.1, 0.15) is 0 Å². The Labute approximate surface area is 210 Å². The molecule has 1 N–H and O–H groups in total. The van der Waals surface area contributed by atoms with Gasteiger partial charge in [-0.3, -0.25) is 9.59 Å². The normalized spacial score (nSPS) is 13.6. The summed E-state index contributed by atoms with van der Waals surface area (Å²) in [5, 5.41) is 4.00. The first-order chi connectivity index (χ1) is 16.4. The third-order valence-electron chi connectivity index (χ3n) is 6.05. The van der Waals surface area contributed by atoms with Crippen molar-refractivity contribution in [2.24, 2.45) is 0 Å². The molecule has 0 aromatic heterocycles. The van der Waals surface area contributed by atoms with Gasteiger partial charge in [-0.15, -0.1) is 0 Å². The molecule has 0 unspecified atom stereocenters. The number of nitrogens with one attached hydrogen (secondary N) is 1. The number of benzene rings is 3. The molecule has 0 atom stereocenters. The van der Waals surface area contributed by atoms with Gasteiger partial charge in [0, 0.05) is 54.0 Å². The predicted molar refractivity (Wildman–Crippen MR) is 138 cm³/mol. The molecule has 3 aromatic carbocycles. The quantitative estimate of drug-likeness (QED) is 0.515. The molecule has 0 aliphatic carbocycles. The predicted octanol–water partition coefficient (Wildman–Crippen LogP) is 5.12. The van der Waals surface area contributed by atoms with Crippen LogP contribution in [-0.2, 0) is 17.8 Å². The number of hydrogen-bond donors (Lipinski definition) is 1. The van der Waals surface area contributed by atoms with E-state index in [0.717, 1.165) is 24.3 Å². The minimum atomic E-state index is -0.0956. The van der Waals surface area contributed by atoms with E-state index in [0.29, 0.717) is 40.8 Å². The van der Waals surface area contributed by atoms with Crippen LogP contribution in [0, 0.1) is 6.92 Å². The second-order valence-corrected chi connectivity index (χ2v) is 9.28. The van der Waals surface area contributed by atoms with E-state index in [4.69, 9.17) is 23.2 Å². The second-order valence-electron chi connectivity index (χ2n) is 8.46. The van der Waals surface area contributed by atoms with Crippen molar-refractivity contribution in [3.63, 3.8) is 0 Å². The lowest BCUT2D eigenvalue weighted by Gasteiger charge is -2.36. The Hall–Kier alpha value is -3.02. The number of nitrogens with zero attached hydrogens (tertiary/aromatic N) is 2. The Morgan fingerprint density at radius 2 is 1.53 bits per heavy atom. The van der Waals surface area contributed by atoms with Crippen molar-refractivity contribution in [1.29, 1.82) is 0 Å². The fourth-order valence-electron chi connectivity index (χ4n) is 4.11. The molecular weight excluding hydrogens is 469 g/mol. The number of amides is 2. The van der Waals surface area contributed by atoms with Crippen LogP contribution in [0.2, 0.25) is 10.0 Å². The van der Waals surface area contributed by atoms with E-state index >= 15 is 0 Å². The Kier molecular flexibility index (Phi) is 7.76. The minimum Gasteiger partial charge on any atom is -0.368 e. The maximum absolute atomic E-state index is 12.8. The Morgan fingerprint density at radius 3 is 2.18 bits per heavy atom. The van der Waals surface area contributed by atoms with Gasteiger partial charge < -0.3 is 15.1 Å². The molecule has 0 bridgehead atoms. The molecule has 1 saturated heterocycles. The summed E-state index contributed by atoms with van der Waals surface area (Å²) in [5.41, 5.74) is 4.59. The van der Waals surface area contributed by atoms with Crippen molar-refractivity contribution in [1.82, 2.24) is 10.2 Å². The molecule has 1 fully saturated rings. The summed E-state index contributed by atoms with van der Waals surface area (Å²) in [6.07, 6.45) is 0.199.